The predicted molar refractivity (Wildman–Crippen MR) is 91.0 cm³/mol. The molecule has 1 aromatic carbocycles. The van der Waals surface area contributed by atoms with E-state index in [1.165, 1.54) is 0 Å². The van der Waals surface area contributed by atoms with E-state index in [9.17, 15) is 4.79 Å². The lowest BCUT2D eigenvalue weighted by Gasteiger charge is -2.29. The van der Waals surface area contributed by atoms with Crippen LogP contribution in [0.5, 0.6) is 0 Å². The van der Waals surface area contributed by atoms with E-state index in [4.69, 9.17) is 21.9 Å². The van der Waals surface area contributed by atoms with E-state index in [0.29, 0.717) is 21.7 Å². The molecular weight excluding hydrogens is 314 g/mol. The molecule has 2 heterocycles. The second kappa shape index (κ2) is 5.35. The smallest absolute Gasteiger partial charge is 0.264 e. The highest BCUT2D eigenvalue weighted by atomic mass is 35.5. The van der Waals surface area contributed by atoms with Crippen LogP contribution in [0, 0.1) is 6.92 Å². The van der Waals surface area contributed by atoms with Crippen LogP contribution in [0.4, 0.5) is 0 Å². The molecule has 120 valence electrons. The van der Waals surface area contributed by atoms with Crippen molar-refractivity contribution < 1.29 is 4.52 Å². The topological polar surface area (TPSA) is 74.0 Å². The zero-order chi connectivity index (χ0) is 16.1. The van der Waals surface area contributed by atoms with Crippen molar-refractivity contribution in [1.82, 2.24) is 9.72 Å². The Morgan fingerprint density at radius 2 is 2.17 bits per heavy atom. The molecule has 1 fully saturated rings. The number of hydrogen-bond acceptors (Lipinski definition) is 4. The quantitative estimate of drug-likeness (QED) is 0.740. The van der Waals surface area contributed by atoms with Crippen molar-refractivity contribution in [2.45, 2.75) is 44.7 Å². The molecule has 1 aliphatic carbocycles. The van der Waals surface area contributed by atoms with Crippen molar-refractivity contribution in [3.05, 3.63) is 39.3 Å². The van der Waals surface area contributed by atoms with Gasteiger partial charge in [0, 0.05) is 17.5 Å². The molecule has 6 heteroatoms. The summed E-state index contributed by atoms with van der Waals surface area (Å²) in [5.41, 5.74) is 7.43. The fourth-order valence-electron chi connectivity index (χ4n) is 3.77. The lowest BCUT2D eigenvalue weighted by molar-refractivity contribution is 0.321. The Morgan fingerprint density at radius 3 is 2.96 bits per heavy atom. The summed E-state index contributed by atoms with van der Waals surface area (Å²) in [5.74, 6) is 0.528. The number of aryl methyl sites for hydroxylation is 1. The molecule has 0 unspecified atom stereocenters. The molecule has 0 amide bonds. The van der Waals surface area contributed by atoms with Gasteiger partial charge in [0.1, 0.15) is 16.7 Å². The van der Waals surface area contributed by atoms with Crippen LogP contribution in [0.1, 0.15) is 37.5 Å². The van der Waals surface area contributed by atoms with Gasteiger partial charge in [-0.1, -0.05) is 22.8 Å². The molecule has 0 radical (unpaired) electrons. The third kappa shape index (κ3) is 2.18. The van der Waals surface area contributed by atoms with Gasteiger partial charge in [-0.3, -0.25) is 4.79 Å². The van der Waals surface area contributed by atoms with Gasteiger partial charge in [0.15, 0.2) is 0 Å². The van der Waals surface area contributed by atoms with Gasteiger partial charge < -0.3 is 14.8 Å². The van der Waals surface area contributed by atoms with Gasteiger partial charge in [-0.25, -0.2) is 0 Å². The molecule has 2 atom stereocenters. The van der Waals surface area contributed by atoms with Gasteiger partial charge in [-0.15, -0.1) is 0 Å². The van der Waals surface area contributed by atoms with E-state index in [-0.39, 0.29) is 17.6 Å². The maximum Gasteiger partial charge on any atom is 0.264 e. The average molecular weight is 332 g/mol. The maximum absolute atomic E-state index is 13.1. The molecule has 1 aliphatic rings. The van der Waals surface area contributed by atoms with Crippen molar-refractivity contribution in [2.75, 3.05) is 0 Å². The van der Waals surface area contributed by atoms with Crippen LogP contribution in [0.3, 0.4) is 0 Å². The number of aromatic nitrogens is 2. The lowest BCUT2D eigenvalue weighted by atomic mass is 9.91. The minimum Gasteiger partial charge on any atom is -0.360 e. The van der Waals surface area contributed by atoms with Gasteiger partial charge in [0.2, 0.25) is 0 Å². The maximum atomic E-state index is 13.1. The standard InChI is InChI=1S/C17H18ClN3O2/c1-9-14-16(20-23-9)15-12(18)6-3-7-13(15)21(17(14)22)11-5-2-4-10(19)8-11/h3,6-7,10-11H,2,4-5,8,19H2,1H3/t10-,11+/m1/s1. The minimum absolute atomic E-state index is 0.0624. The highest BCUT2D eigenvalue weighted by Crippen LogP contribution is 2.34. The second-order valence-electron chi connectivity index (χ2n) is 6.35. The molecule has 0 saturated heterocycles. The van der Waals surface area contributed by atoms with Crippen molar-refractivity contribution in [3.8, 4) is 0 Å². The average Bonchev–Trinajstić information content (AvgIpc) is 2.90. The summed E-state index contributed by atoms with van der Waals surface area (Å²) in [6.45, 7) is 1.76. The van der Waals surface area contributed by atoms with Crippen molar-refractivity contribution in [3.63, 3.8) is 0 Å². The highest BCUT2D eigenvalue weighted by Gasteiger charge is 2.26. The fraction of sp³-hybridized carbons (Fsp3) is 0.412. The van der Waals surface area contributed by atoms with Crippen LogP contribution in [-0.2, 0) is 0 Å². The Morgan fingerprint density at radius 1 is 1.35 bits per heavy atom. The number of pyridine rings is 1. The zero-order valence-electron chi connectivity index (χ0n) is 12.9. The van der Waals surface area contributed by atoms with Gasteiger partial charge >= 0.3 is 0 Å². The van der Waals surface area contributed by atoms with Crippen LogP contribution < -0.4 is 11.3 Å². The van der Waals surface area contributed by atoms with E-state index in [0.717, 1.165) is 36.6 Å². The summed E-state index contributed by atoms with van der Waals surface area (Å²) >= 11 is 6.42. The van der Waals surface area contributed by atoms with E-state index >= 15 is 0 Å². The largest absolute Gasteiger partial charge is 0.360 e. The Hall–Kier alpha value is -1.85. The van der Waals surface area contributed by atoms with Gasteiger partial charge in [-0.2, -0.15) is 0 Å². The first-order valence-corrected chi connectivity index (χ1v) is 8.30. The number of fused-ring (bicyclic) bond motifs is 3. The fourth-order valence-corrected chi connectivity index (χ4v) is 4.03. The molecule has 2 aromatic heterocycles. The number of rotatable bonds is 1. The Balaban J connectivity index is 2.12. The molecule has 2 N–H and O–H groups in total. The molecule has 0 bridgehead atoms. The molecule has 5 nitrogen and oxygen atoms in total. The monoisotopic (exact) mass is 331 g/mol. The Kier molecular flexibility index (Phi) is 3.43. The number of benzene rings is 1. The SMILES string of the molecule is Cc1onc2c1c(=O)n([C@H]1CCC[C@@H](N)C1)c1cccc(Cl)c21. The zero-order valence-corrected chi connectivity index (χ0v) is 13.6. The predicted octanol–water partition coefficient (Wildman–Crippen LogP) is 3.55. The third-order valence-electron chi connectivity index (χ3n) is 4.84. The first-order chi connectivity index (χ1) is 11.1. The summed E-state index contributed by atoms with van der Waals surface area (Å²) in [5, 5.41) is 5.95. The van der Waals surface area contributed by atoms with Gasteiger partial charge in [0.25, 0.3) is 5.56 Å². The number of halogens is 1. The third-order valence-corrected chi connectivity index (χ3v) is 5.15. The second-order valence-corrected chi connectivity index (χ2v) is 6.76. The first-order valence-electron chi connectivity index (χ1n) is 7.92. The van der Waals surface area contributed by atoms with Crippen molar-refractivity contribution in [1.29, 1.82) is 0 Å². The van der Waals surface area contributed by atoms with Crippen LogP contribution in [0.2, 0.25) is 5.02 Å². The number of hydrogen-bond donors (Lipinski definition) is 1. The minimum atomic E-state index is -0.0624. The molecule has 4 rings (SSSR count). The normalized spacial score (nSPS) is 22.0. The summed E-state index contributed by atoms with van der Waals surface area (Å²) < 4.78 is 7.13. The summed E-state index contributed by atoms with van der Waals surface area (Å²) in [4.78, 5) is 13.1. The van der Waals surface area contributed by atoms with Crippen LogP contribution in [-0.4, -0.2) is 15.8 Å². The number of nitrogens with two attached hydrogens (primary N) is 1. The van der Waals surface area contributed by atoms with Gasteiger partial charge in [-0.05, 0) is 44.7 Å². The number of nitrogens with zero attached hydrogens (tertiary/aromatic N) is 2. The van der Waals surface area contributed by atoms with Crippen LogP contribution in [0.15, 0.2) is 27.5 Å². The van der Waals surface area contributed by atoms with E-state index in [1.807, 2.05) is 22.8 Å². The van der Waals surface area contributed by atoms with Crippen molar-refractivity contribution in [2.24, 2.45) is 5.73 Å². The van der Waals surface area contributed by atoms with E-state index in [1.54, 1.807) is 6.92 Å². The first kappa shape index (κ1) is 14.7. The van der Waals surface area contributed by atoms with Gasteiger partial charge in [0.05, 0.1) is 10.5 Å². The van der Waals surface area contributed by atoms with E-state index < -0.39 is 0 Å². The Labute approximate surface area is 138 Å². The lowest BCUT2D eigenvalue weighted by Crippen LogP contribution is -2.34. The van der Waals surface area contributed by atoms with E-state index in [2.05, 4.69) is 5.16 Å². The summed E-state index contributed by atoms with van der Waals surface area (Å²) in [6.07, 6.45) is 3.79. The molecule has 0 spiro atoms. The summed E-state index contributed by atoms with van der Waals surface area (Å²) in [7, 11) is 0. The van der Waals surface area contributed by atoms with Crippen LogP contribution >= 0.6 is 11.6 Å². The van der Waals surface area contributed by atoms with Crippen molar-refractivity contribution >= 4 is 33.4 Å². The molecule has 0 aliphatic heterocycles. The summed E-state index contributed by atoms with van der Waals surface area (Å²) in [6, 6.07) is 5.82. The molecule has 23 heavy (non-hydrogen) atoms. The molecular formula is C17H18ClN3O2. The molecule has 1 saturated carbocycles. The molecule has 3 aromatic rings. The Bertz CT molecular complexity index is 960. The highest BCUT2D eigenvalue weighted by molar-refractivity contribution is 6.37. The van der Waals surface area contributed by atoms with Crippen LogP contribution in [0.25, 0.3) is 21.8 Å².